The maximum absolute atomic E-state index is 11.9. The number of sulfonamides is 1. The predicted molar refractivity (Wildman–Crippen MR) is 51.2 cm³/mol. The monoisotopic (exact) mass is 286 g/mol. The molecule has 0 saturated heterocycles. The molecule has 0 unspecified atom stereocenters. The van der Waals surface area contributed by atoms with E-state index in [2.05, 4.69) is 9.88 Å². The number of nitrogens with two attached hydrogens (primary N) is 1. The van der Waals surface area contributed by atoms with Crippen LogP contribution in [0.5, 0.6) is 5.75 Å². The summed E-state index contributed by atoms with van der Waals surface area (Å²) >= 11 is 0. The van der Waals surface area contributed by atoms with Crippen LogP contribution < -0.4 is 9.88 Å². The first kappa shape index (κ1) is 14.2. The van der Waals surface area contributed by atoms with Crippen molar-refractivity contribution < 1.29 is 31.2 Å². The minimum Gasteiger partial charge on any atom is -0.406 e. The summed E-state index contributed by atoms with van der Waals surface area (Å²) in [6.45, 7) is 0. The summed E-state index contributed by atoms with van der Waals surface area (Å²) in [6.07, 6.45) is -5.04. The number of alkyl halides is 3. The number of nitro groups is 1. The Hall–Kier alpha value is -1.88. The van der Waals surface area contributed by atoms with Crippen LogP contribution in [0.2, 0.25) is 0 Å². The second kappa shape index (κ2) is 4.42. The fourth-order valence-corrected chi connectivity index (χ4v) is 1.76. The predicted octanol–water partition coefficient (Wildman–Crippen LogP) is 1.14. The largest absolute Gasteiger partial charge is 0.573 e. The lowest BCUT2D eigenvalue weighted by Crippen LogP contribution is -2.18. The van der Waals surface area contributed by atoms with Crippen LogP contribution in [0.25, 0.3) is 0 Å². The number of rotatable bonds is 3. The standard InChI is InChI=1S/C7H5F3N2O5S/c8-7(9,10)17-4-1-2-6(18(11,15)16)5(3-4)12(13)14/h1-3H,(H2,11,15,16). The molecule has 0 heterocycles. The molecule has 1 aromatic carbocycles. The van der Waals surface area contributed by atoms with Gasteiger partial charge in [0.05, 0.1) is 11.0 Å². The van der Waals surface area contributed by atoms with E-state index in [1.807, 2.05) is 0 Å². The lowest BCUT2D eigenvalue weighted by Gasteiger charge is -2.09. The summed E-state index contributed by atoms with van der Waals surface area (Å²) in [4.78, 5) is 8.46. The first-order valence-electron chi connectivity index (χ1n) is 4.08. The Morgan fingerprint density at radius 1 is 1.33 bits per heavy atom. The first-order valence-corrected chi connectivity index (χ1v) is 5.62. The van der Waals surface area contributed by atoms with Gasteiger partial charge in [0, 0.05) is 0 Å². The summed E-state index contributed by atoms with van der Waals surface area (Å²) in [5.74, 6) is -0.915. The molecule has 0 amide bonds. The van der Waals surface area contributed by atoms with Gasteiger partial charge in [0.25, 0.3) is 5.69 Å². The van der Waals surface area contributed by atoms with E-state index in [1.54, 1.807) is 0 Å². The van der Waals surface area contributed by atoms with Crippen molar-refractivity contribution in [3.05, 3.63) is 28.3 Å². The van der Waals surface area contributed by atoms with Crippen LogP contribution >= 0.6 is 0 Å². The molecule has 0 aromatic heterocycles. The van der Waals surface area contributed by atoms with Crippen LogP contribution in [0.3, 0.4) is 0 Å². The second-order valence-electron chi connectivity index (χ2n) is 2.98. The minimum absolute atomic E-state index is 0.327. The van der Waals surface area contributed by atoms with Crippen molar-refractivity contribution in [3.63, 3.8) is 0 Å². The summed E-state index contributed by atoms with van der Waals surface area (Å²) in [5, 5.41) is 15.2. The highest BCUT2D eigenvalue weighted by Crippen LogP contribution is 2.30. The quantitative estimate of drug-likeness (QED) is 0.661. The Balaban J connectivity index is 3.33. The van der Waals surface area contributed by atoms with Gasteiger partial charge >= 0.3 is 6.36 Å². The summed E-state index contributed by atoms with van der Waals surface area (Å²) < 4.78 is 61.0. The van der Waals surface area contributed by atoms with Gasteiger partial charge in [0.2, 0.25) is 10.0 Å². The van der Waals surface area contributed by atoms with Crippen molar-refractivity contribution in [1.82, 2.24) is 0 Å². The van der Waals surface area contributed by atoms with E-state index in [0.29, 0.717) is 18.2 Å². The average Bonchev–Trinajstić information content (AvgIpc) is 2.12. The lowest BCUT2D eigenvalue weighted by atomic mass is 10.3. The number of primary sulfonamides is 1. The molecule has 1 aromatic rings. The fourth-order valence-electron chi connectivity index (χ4n) is 1.08. The van der Waals surface area contributed by atoms with Gasteiger partial charge in [-0.15, -0.1) is 13.2 Å². The summed E-state index contributed by atoms with van der Waals surface area (Å²) in [5.41, 5.74) is -1.10. The maximum atomic E-state index is 11.9. The Morgan fingerprint density at radius 3 is 2.28 bits per heavy atom. The molecule has 0 aliphatic carbocycles. The van der Waals surface area contributed by atoms with Crippen LogP contribution in [0.1, 0.15) is 0 Å². The molecule has 0 aliphatic heterocycles. The molecule has 0 saturated carbocycles. The minimum atomic E-state index is -5.04. The van der Waals surface area contributed by atoms with Gasteiger partial charge in [0.15, 0.2) is 4.90 Å². The van der Waals surface area contributed by atoms with Crippen molar-refractivity contribution in [2.45, 2.75) is 11.3 Å². The number of nitro benzene ring substituents is 1. The molecule has 7 nitrogen and oxygen atoms in total. The molecule has 0 radical (unpaired) electrons. The Bertz CT molecular complexity index is 583. The molecule has 0 fully saturated rings. The van der Waals surface area contributed by atoms with Gasteiger partial charge in [-0.3, -0.25) is 10.1 Å². The third-order valence-electron chi connectivity index (χ3n) is 1.67. The van der Waals surface area contributed by atoms with Gasteiger partial charge in [-0.05, 0) is 12.1 Å². The normalized spacial score (nSPS) is 12.2. The molecular formula is C7H5F3N2O5S. The number of halogens is 3. The Kier molecular flexibility index (Phi) is 3.48. The third-order valence-corrected chi connectivity index (χ3v) is 2.63. The molecular weight excluding hydrogens is 281 g/mol. The number of hydrogen-bond acceptors (Lipinski definition) is 5. The molecule has 0 bridgehead atoms. The van der Waals surface area contributed by atoms with E-state index in [4.69, 9.17) is 0 Å². The molecule has 0 atom stereocenters. The van der Waals surface area contributed by atoms with Crippen molar-refractivity contribution >= 4 is 15.7 Å². The SMILES string of the molecule is NS(=O)(=O)c1ccc(OC(F)(F)F)cc1[N+](=O)[O-]. The highest BCUT2D eigenvalue weighted by molar-refractivity contribution is 7.89. The summed E-state index contributed by atoms with van der Waals surface area (Å²) in [7, 11) is -4.42. The molecule has 0 spiro atoms. The van der Waals surface area contributed by atoms with E-state index in [1.165, 1.54) is 0 Å². The van der Waals surface area contributed by atoms with Gasteiger partial charge < -0.3 is 4.74 Å². The van der Waals surface area contributed by atoms with Crippen molar-refractivity contribution in [2.75, 3.05) is 0 Å². The lowest BCUT2D eigenvalue weighted by molar-refractivity contribution is -0.388. The van der Waals surface area contributed by atoms with Crippen LogP contribution in [0, 0.1) is 10.1 Å². The summed E-state index contributed by atoms with van der Waals surface area (Å²) in [6, 6.07) is 1.50. The molecule has 100 valence electrons. The number of nitrogens with zero attached hydrogens (tertiary/aromatic N) is 1. The van der Waals surface area contributed by atoms with Crippen molar-refractivity contribution in [2.24, 2.45) is 5.14 Å². The molecule has 1 rings (SSSR count). The Morgan fingerprint density at radius 2 is 1.89 bits per heavy atom. The number of hydrogen-bond donors (Lipinski definition) is 1. The van der Waals surface area contributed by atoms with Crippen LogP contribution in [0.15, 0.2) is 23.1 Å². The van der Waals surface area contributed by atoms with Crippen LogP contribution in [-0.4, -0.2) is 19.7 Å². The highest BCUT2D eigenvalue weighted by atomic mass is 32.2. The smallest absolute Gasteiger partial charge is 0.406 e. The molecule has 0 aliphatic rings. The number of ether oxygens (including phenoxy) is 1. The average molecular weight is 286 g/mol. The molecule has 18 heavy (non-hydrogen) atoms. The molecule has 11 heteroatoms. The Labute approximate surface area is 98.2 Å². The highest BCUT2D eigenvalue weighted by Gasteiger charge is 2.33. The van der Waals surface area contributed by atoms with Crippen LogP contribution in [0.4, 0.5) is 18.9 Å². The van der Waals surface area contributed by atoms with Crippen LogP contribution in [-0.2, 0) is 10.0 Å². The zero-order valence-corrected chi connectivity index (χ0v) is 9.16. The van der Waals surface area contributed by atoms with Gasteiger partial charge in [-0.25, -0.2) is 13.6 Å². The van der Waals surface area contributed by atoms with E-state index in [-0.39, 0.29) is 0 Å². The van der Waals surface area contributed by atoms with Crippen molar-refractivity contribution in [3.8, 4) is 5.75 Å². The second-order valence-corrected chi connectivity index (χ2v) is 4.51. The fraction of sp³-hybridized carbons (Fsp3) is 0.143. The topological polar surface area (TPSA) is 113 Å². The zero-order chi connectivity index (χ0) is 14.1. The van der Waals surface area contributed by atoms with Gasteiger partial charge in [-0.2, -0.15) is 0 Å². The van der Waals surface area contributed by atoms with E-state index >= 15 is 0 Å². The maximum Gasteiger partial charge on any atom is 0.573 e. The van der Waals surface area contributed by atoms with E-state index in [9.17, 15) is 31.7 Å². The zero-order valence-electron chi connectivity index (χ0n) is 8.34. The molecule has 2 N–H and O–H groups in total. The van der Waals surface area contributed by atoms with E-state index < -0.39 is 37.6 Å². The van der Waals surface area contributed by atoms with E-state index in [0.717, 1.165) is 0 Å². The number of benzene rings is 1. The first-order chi connectivity index (χ1) is 8.00. The van der Waals surface area contributed by atoms with Gasteiger partial charge in [0.1, 0.15) is 5.75 Å². The van der Waals surface area contributed by atoms with Crippen molar-refractivity contribution in [1.29, 1.82) is 0 Å². The van der Waals surface area contributed by atoms with Gasteiger partial charge in [-0.1, -0.05) is 0 Å². The third kappa shape index (κ3) is 3.56.